The minimum absolute atomic E-state index is 0.0783. The fourth-order valence-corrected chi connectivity index (χ4v) is 4.29. The van der Waals surface area contributed by atoms with E-state index in [4.69, 9.17) is 0 Å². The number of carbonyl (C=O) groups is 3. The monoisotopic (exact) mass is 341 g/mol. The van der Waals surface area contributed by atoms with Gasteiger partial charge in [0.05, 0.1) is 12.4 Å². The minimum atomic E-state index is -0.414. The predicted octanol–water partition coefficient (Wildman–Crippen LogP) is 1.01. The van der Waals surface area contributed by atoms with Crippen molar-refractivity contribution >= 4 is 29.5 Å². The molecule has 0 radical (unpaired) electrons. The molecular formula is C16H27N3O3S. The number of rotatable bonds is 5. The number of carbonyl (C=O) groups excluding carboxylic acids is 3. The topological polar surface area (TPSA) is 60.9 Å². The van der Waals surface area contributed by atoms with Crippen molar-refractivity contribution in [1.82, 2.24) is 14.7 Å². The van der Waals surface area contributed by atoms with Crippen molar-refractivity contribution in [3.8, 4) is 0 Å². The molecule has 2 aliphatic rings. The van der Waals surface area contributed by atoms with E-state index < -0.39 is 6.04 Å². The van der Waals surface area contributed by atoms with Crippen LogP contribution in [0.3, 0.4) is 0 Å². The summed E-state index contributed by atoms with van der Waals surface area (Å²) in [6.07, 6.45) is 4.10. The minimum Gasteiger partial charge on any atom is -0.347 e. The van der Waals surface area contributed by atoms with Crippen molar-refractivity contribution in [2.24, 2.45) is 5.92 Å². The van der Waals surface area contributed by atoms with E-state index in [1.165, 1.54) is 4.90 Å². The van der Waals surface area contributed by atoms with Gasteiger partial charge in [-0.15, -0.1) is 11.8 Å². The molecule has 0 aromatic heterocycles. The maximum Gasteiger partial charge on any atom is 0.246 e. The number of thioether (sulfide) groups is 1. The van der Waals surface area contributed by atoms with E-state index in [1.807, 2.05) is 6.92 Å². The Hall–Kier alpha value is -1.24. The molecule has 130 valence electrons. The third-order valence-corrected chi connectivity index (χ3v) is 5.69. The number of amides is 3. The normalized spacial score (nSPS) is 21.5. The molecule has 1 atom stereocenters. The van der Waals surface area contributed by atoms with Gasteiger partial charge in [0, 0.05) is 32.3 Å². The van der Waals surface area contributed by atoms with Gasteiger partial charge in [-0.3, -0.25) is 14.4 Å². The first-order valence-corrected chi connectivity index (χ1v) is 9.48. The summed E-state index contributed by atoms with van der Waals surface area (Å²) in [5.41, 5.74) is 0. The summed E-state index contributed by atoms with van der Waals surface area (Å²) in [4.78, 5) is 42.2. The Morgan fingerprint density at radius 2 is 1.83 bits per heavy atom. The number of nitrogens with zero attached hydrogens (tertiary/aromatic N) is 3. The summed E-state index contributed by atoms with van der Waals surface area (Å²) in [6, 6.07) is -0.414. The molecule has 1 aliphatic carbocycles. The van der Waals surface area contributed by atoms with Crippen molar-refractivity contribution in [2.75, 3.05) is 38.8 Å². The first-order chi connectivity index (χ1) is 11.0. The average molecular weight is 341 g/mol. The van der Waals surface area contributed by atoms with Crippen LogP contribution in [0.4, 0.5) is 0 Å². The van der Waals surface area contributed by atoms with Gasteiger partial charge in [0.25, 0.3) is 0 Å². The van der Waals surface area contributed by atoms with Gasteiger partial charge in [-0.25, -0.2) is 0 Å². The molecule has 0 N–H and O–H groups in total. The lowest BCUT2D eigenvalue weighted by atomic mass is 10.1. The molecular weight excluding hydrogens is 314 g/mol. The standard InChI is InChI=1S/C16H27N3O3S/c1-4-18(9-14(20)17(2)3)16(22)13-10-23-11-19(13)15(21)12-7-5-6-8-12/h12-13H,4-11H2,1-3H3/t13-/m0/s1. The van der Waals surface area contributed by atoms with E-state index >= 15 is 0 Å². The molecule has 7 heteroatoms. The highest BCUT2D eigenvalue weighted by Crippen LogP contribution is 2.31. The van der Waals surface area contributed by atoms with Crippen LogP contribution >= 0.6 is 11.8 Å². The highest BCUT2D eigenvalue weighted by molar-refractivity contribution is 7.99. The lowest BCUT2D eigenvalue weighted by Gasteiger charge is -2.30. The zero-order valence-electron chi connectivity index (χ0n) is 14.3. The summed E-state index contributed by atoms with van der Waals surface area (Å²) in [5.74, 6) is 1.23. The highest BCUT2D eigenvalue weighted by atomic mass is 32.2. The van der Waals surface area contributed by atoms with E-state index in [0.717, 1.165) is 25.7 Å². The zero-order chi connectivity index (χ0) is 17.0. The second-order valence-electron chi connectivity index (χ2n) is 6.45. The van der Waals surface area contributed by atoms with Crippen LogP contribution in [0.1, 0.15) is 32.6 Å². The van der Waals surface area contributed by atoms with Crippen molar-refractivity contribution in [3.63, 3.8) is 0 Å². The van der Waals surface area contributed by atoms with Gasteiger partial charge in [-0.05, 0) is 19.8 Å². The smallest absolute Gasteiger partial charge is 0.246 e. The first kappa shape index (κ1) is 18.1. The van der Waals surface area contributed by atoms with Crippen molar-refractivity contribution in [1.29, 1.82) is 0 Å². The molecule has 1 heterocycles. The molecule has 1 saturated carbocycles. The summed E-state index contributed by atoms with van der Waals surface area (Å²) in [5, 5.41) is 0. The van der Waals surface area contributed by atoms with Crippen LogP contribution in [-0.2, 0) is 14.4 Å². The Morgan fingerprint density at radius 1 is 1.17 bits per heavy atom. The van der Waals surface area contributed by atoms with Gasteiger partial charge in [0.15, 0.2) is 0 Å². The van der Waals surface area contributed by atoms with E-state index in [9.17, 15) is 14.4 Å². The summed E-state index contributed by atoms with van der Waals surface area (Å²) >= 11 is 1.62. The molecule has 23 heavy (non-hydrogen) atoms. The fraction of sp³-hybridized carbons (Fsp3) is 0.812. The second-order valence-corrected chi connectivity index (χ2v) is 7.45. The van der Waals surface area contributed by atoms with Crippen LogP contribution in [0.2, 0.25) is 0 Å². The van der Waals surface area contributed by atoms with E-state index in [-0.39, 0.29) is 30.2 Å². The average Bonchev–Trinajstić information content (AvgIpc) is 3.21. The first-order valence-electron chi connectivity index (χ1n) is 8.32. The van der Waals surface area contributed by atoms with Gasteiger partial charge in [-0.1, -0.05) is 12.8 Å². The largest absolute Gasteiger partial charge is 0.347 e. The Labute approximate surface area is 142 Å². The highest BCUT2D eigenvalue weighted by Gasteiger charge is 2.40. The lowest BCUT2D eigenvalue weighted by molar-refractivity contribution is -0.147. The fourth-order valence-electron chi connectivity index (χ4n) is 3.13. The Balaban J connectivity index is 2.03. The molecule has 0 unspecified atom stereocenters. The Morgan fingerprint density at radius 3 is 2.39 bits per heavy atom. The van der Waals surface area contributed by atoms with E-state index in [2.05, 4.69) is 0 Å². The van der Waals surface area contributed by atoms with Crippen LogP contribution in [0.5, 0.6) is 0 Å². The molecule has 0 aromatic rings. The van der Waals surface area contributed by atoms with Crippen LogP contribution in [0.15, 0.2) is 0 Å². The van der Waals surface area contributed by atoms with Gasteiger partial charge >= 0.3 is 0 Å². The third-order valence-electron chi connectivity index (χ3n) is 4.67. The van der Waals surface area contributed by atoms with Crippen LogP contribution in [0, 0.1) is 5.92 Å². The molecule has 0 aromatic carbocycles. The van der Waals surface area contributed by atoms with Crippen LogP contribution in [0.25, 0.3) is 0 Å². The Kier molecular flexibility index (Phi) is 6.33. The molecule has 6 nitrogen and oxygen atoms in total. The molecule has 0 spiro atoms. The van der Waals surface area contributed by atoms with Gasteiger partial charge in [-0.2, -0.15) is 0 Å². The lowest BCUT2D eigenvalue weighted by Crippen LogP contribution is -2.52. The third kappa shape index (κ3) is 4.19. The summed E-state index contributed by atoms with van der Waals surface area (Å²) < 4.78 is 0. The predicted molar refractivity (Wildman–Crippen MR) is 90.9 cm³/mol. The van der Waals surface area contributed by atoms with Gasteiger partial charge in [0.2, 0.25) is 17.7 Å². The van der Waals surface area contributed by atoms with E-state index in [1.54, 1.807) is 35.7 Å². The molecule has 2 rings (SSSR count). The molecule has 0 bridgehead atoms. The quantitative estimate of drug-likeness (QED) is 0.749. The second kappa shape index (κ2) is 8.04. The maximum absolute atomic E-state index is 12.8. The number of likely N-dealkylation sites (N-methyl/N-ethyl adjacent to an activating group) is 2. The van der Waals surface area contributed by atoms with Crippen molar-refractivity contribution < 1.29 is 14.4 Å². The van der Waals surface area contributed by atoms with Crippen molar-refractivity contribution in [3.05, 3.63) is 0 Å². The number of hydrogen-bond donors (Lipinski definition) is 0. The molecule has 1 aliphatic heterocycles. The zero-order valence-corrected chi connectivity index (χ0v) is 15.1. The molecule has 2 fully saturated rings. The van der Waals surface area contributed by atoms with Crippen LogP contribution in [-0.4, -0.2) is 77.3 Å². The maximum atomic E-state index is 12.8. The SMILES string of the molecule is CCN(CC(=O)N(C)C)C(=O)[C@@H]1CSCN1C(=O)C1CCCC1. The molecule has 1 saturated heterocycles. The summed E-state index contributed by atoms with van der Waals surface area (Å²) in [7, 11) is 3.37. The van der Waals surface area contributed by atoms with Gasteiger partial charge < -0.3 is 14.7 Å². The summed E-state index contributed by atoms with van der Waals surface area (Å²) in [6.45, 7) is 2.42. The number of hydrogen-bond acceptors (Lipinski definition) is 4. The van der Waals surface area contributed by atoms with Crippen molar-refractivity contribution in [2.45, 2.75) is 38.6 Å². The van der Waals surface area contributed by atoms with E-state index in [0.29, 0.717) is 18.2 Å². The molecule has 3 amide bonds. The van der Waals surface area contributed by atoms with Gasteiger partial charge in [0.1, 0.15) is 6.04 Å². The Bertz CT molecular complexity index is 463. The van der Waals surface area contributed by atoms with Crippen LogP contribution < -0.4 is 0 Å².